The van der Waals surface area contributed by atoms with Crippen LogP contribution in [0.1, 0.15) is 65.2 Å². The van der Waals surface area contributed by atoms with Crippen LogP contribution in [0.3, 0.4) is 0 Å². The van der Waals surface area contributed by atoms with Crippen LogP contribution < -0.4 is 16.0 Å². The predicted octanol–water partition coefficient (Wildman–Crippen LogP) is 1.89. The lowest BCUT2D eigenvalue weighted by Crippen LogP contribution is -2.58. The van der Waals surface area contributed by atoms with E-state index >= 15 is 0 Å². The Morgan fingerprint density at radius 1 is 1.11 bits per heavy atom. The van der Waals surface area contributed by atoms with Crippen molar-refractivity contribution in [1.82, 2.24) is 20.9 Å². The molecule has 0 aromatic heterocycles. The Morgan fingerprint density at radius 2 is 1.86 bits per heavy atom. The SMILES string of the molecule is CC1CCCC2CC(C(=O)NC(CCC(=O)N(C)C)C3NCCCC3C)NC12. The van der Waals surface area contributed by atoms with Crippen LogP contribution in [0, 0.1) is 17.8 Å². The molecule has 3 aliphatic rings. The summed E-state index contributed by atoms with van der Waals surface area (Å²) < 4.78 is 0. The first-order valence-electron chi connectivity index (χ1n) is 11.4. The highest BCUT2D eigenvalue weighted by molar-refractivity contribution is 5.82. The largest absolute Gasteiger partial charge is 0.350 e. The monoisotopic (exact) mass is 392 g/mol. The Hall–Kier alpha value is -1.14. The summed E-state index contributed by atoms with van der Waals surface area (Å²) in [7, 11) is 3.59. The molecule has 7 unspecified atom stereocenters. The van der Waals surface area contributed by atoms with E-state index in [2.05, 4.69) is 29.8 Å². The molecule has 3 fully saturated rings. The van der Waals surface area contributed by atoms with Crippen molar-refractivity contribution in [3.8, 4) is 0 Å². The van der Waals surface area contributed by atoms with Gasteiger partial charge < -0.3 is 20.9 Å². The number of rotatable bonds is 6. The summed E-state index contributed by atoms with van der Waals surface area (Å²) in [5, 5.41) is 10.6. The maximum absolute atomic E-state index is 13.1. The third kappa shape index (κ3) is 5.07. The Morgan fingerprint density at radius 3 is 2.54 bits per heavy atom. The topological polar surface area (TPSA) is 73.5 Å². The molecule has 0 spiro atoms. The first kappa shape index (κ1) is 21.6. The molecule has 28 heavy (non-hydrogen) atoms. The smallest absolute Gasteiger partial charge is 0.237 e. The standard InChI is InChI=1S/C22H40N4O2/c1-14-7-5-9-16-13-18(24-20(14)16)22(28)25-17(10-11-19(27)26(3)4)21-15(2)8-6-12-23-21/h14-18,20-21,23-24H,5-13H2,1-4H3,(H,25,28). The lowest BCUT2D eigenvalue weighted by atomic mass is 9.78. The molecule has 3 rings (SSSR count). The Kier molecular flexibility index (Phi) is 7.37. The molecule has 0 aromatic carbocycles. The van der Waals surface area contributed by atoms with Gasteiger partial charge in [-0.1, -0.05) is 20.3 Å². The van der Waals surface area contributed by atoms with E-state index in [1.165, 1.54) is 32.1 Å². The molecule has 2 aliphatic heterocycles. The van der Waals surface area contributed by atoms with E-state index in [1.807, 2.05) is 0 Å². The minimum Gasteiger partial charge on any atom is -0.350 e. The van der Waals surface area contributed by atoms with Crippen LogP contribution in [-0.2, 0) is 9.59 Å². The lowest BCUT2D eigenvalue weighted by molar-refractivity contribution is -0.129. The fraction of sp³-hybridized carbons (Fsp3) is 0.909. The lowest BCUT2D eigenvalue weighted by Gasteiger charge is -2.37. The zero-order valence-electron chi connectivity index (χ0n) is 18.2. The summed E-state index contributed by atoms with van der Waals surface area (Å²) in [6, 6.07) is 0.662. The molecule has 0 bridgehead atoms. The second kappa shape index (κ2) is 9.57. The summed E-state index contributed by atoms with van der Waals surface area (Å²) in [5.74, 6) is 2.06. The minimum atomic E-state index is -0.0819. The van der Waals surface area contributed by atoms with Crippen molar-refractivity contribution >= 4 is 11.8 Å². The molecule has 1 aliphatic carbocycles. The van der Waals surface area contributed by atoms with Crippen LogP contribution in [0.15, 0.2) is 0 Å². The van der Waals surface area contributed by atoms with Gasteiger partial charge in [-0.25, -0.2) is 0 Å². The minimum absolute atomic E-state index is 0.00792. The molecule has 2 saturated heterocycles. The maximum atomic E-state index is 13.1. The molecule has 6 heteroatoms. The number of piperidine rings is 1. The molecule has 6 nitrogen and oxygen atoms in total. The number of nitrogens with one attached hydrogen (secondary N) is 3. The fourth-order valence-electron chi connectivity index (χ4n) is 5.62. The van der Waals surface area contributed by atoms with Gasteiger partial charge in [0.05, 0.1) is 6.04 Å². The first-order valence-corrected chi connectivity index (χ1v) is 11.4. The van der Waals surface area contributed by atoms with Crippen LogP contribution >= 0.6 is 0 Å². The van der Waals surface area contributed by atoms with E-state index in [0.29, 0.717) is 36.6 Å². The second-order valence-electron chi connectivity index (χ2n) is 9.69. The van der Waals surface area contributed by atoms with Crippen molar-refractivity contribution in [3.63, 3.8) is 0 Å². The van der Waals surface area contributed by atoms with Gasteiger partial charge in [0, 0.05) is 38.6 Å². The summed E-state index contributed by atoms with van der Waals surface area (Å²) in [6.07, 6.45) is 8.28. The maximum Gasteiger partial charge on any atom is 0.237 e. The van der Waals surface area contributed by atoms with Gasteiger partial charge in [-0.3, -0.25) is 9.59 Å². The number of hydrogen-bond acceptors (Lipinski definition) is 4. The number of carbonyl (C=O) groups is 2. The highest BCUT2D eigenvalue weighted by atomic mass is 16.2. The molecule has 3 N–H and O–H groups in total. The van der Waals surface area contributed by atoms with Crippen molar-refractivity contribution < 1.29 is 9.59 Å². The fourth-order valence-corrected chi connectivity index (χ4v) is 5.62. The normalized spacial score (nSPS) is 36.4. The molecule has 7 atom stereocenters. The predicted molar refractivity (Wildman–Crippen MR) is 112 cm³/mol. The van der Waals surface area contributed by atoms with Crippen LogP contribution in [0.5, 0.6) is 0 Å². The summed E-state index contributed by atoms with van der Waals surface area (Å²) in [5.41, 5.74) is 0. The molecule has 160 valence electrons. The van der Waals surface area contributed by atoms with Crippen LogP contribution in [0.2, 0.25) is 0 Å². The summed E-state index contributed by atoms with van der Waals surface area (Å²) in [4.78, 5) is 26.9. The van der Waals surface area contributed by atoms with Crippen molar-refractivity contribution in [2.45, 2.75) is 89.4 Å². The van der Waals surface area contributed by atoms with E-state index in [1.54, 1.807) is 19.0 Å². The quantitative estimate of drug-likeness (QED) is 0.645. The van der Waals surface area contributed by atoms with Gasteiger partial charge in [-0.2, -0.15) is 0 Å². The first-order chi connectivity index (χ1) is 13.4. The number of carbonyl (C=O) groups excluding carboxylic acids is 2. The van der Waals surface area contributed by atoms with Gasteiger partial charge >= 0.3 is 0 Å². The molecule has 0 radical (unpaired) electrons. The van der Waals surface area contributed by atoms with Gasteiger partial charge in [0.25, 0.3) is 0 Å². The van der Waals surface area contributed by atoms with Gasteiger partial charge in [-0.15, -0.1) is 0 Å². The molecule has 2 amide bonds. The van der Waals surface area contributed by atoms with Crippen LogP contribution in [0.25, 0.3) is 0 Å². The van der Waals surface area contributed by atoms with E-state index in [9.17, 15) is 9.59 Å². The van der Waals surface area contributed by atoms with E-state index < -0.39 is 0 Å². The molecule has 1 saturated carbocycles. The van der Waals surface area contributed by atoms with Gasteiger partial charge in [0.1, 0.15) is 0 Å². The van der Waals surface area contributed by atoms with Gasteiger partial charge in [0.2, 0.25) is 11.8 Å². The zero-order chi connectivity index (χ0) is 20.3. The van der Waals surface area contributed by atoms with E-state index in [0.717, 1.165) is 13.0 Å². The number of nitrogens with zero attached hydrogens (tertiary/aromatic N) is 1. The molecular formula is C22H40N4O2. The Labute approximate surface area is 170 Å². The third-order valence-corrected chi connectivity index (χ3v) is 7.36. The highest BCUT2D eigenvalue weighted by Crippen LogP contribution is 2.36. The van der Waals surface area contributed by atoms with E-state index in [4.69, 9.17) is 0 Å². The average molecular weight is 393 g/mol. The summed E-state index contributed by atoms with van der Waals surface area (Å²) in [6.45, 7) is 5.56. The van der Waals surface area contributed by atoms with Crippen LogP contribution in [-0.4, -0.2) is 61.5 Å². The zero-order valence-corrected chi connectivity index (χ0v) is 18.2. The van der Waals surface area contributed by atoms with Gasteiger partial charge in [-0.05, 0) is 62.8 Å². The van der Waals surface area contributed by atoms with Crippen LogP contribution in [0.4, 0.5) is 0 Å². The number of fused-ring (bicyclic) bond motifs is 1. The Balaban J connectivity index is 1.62. The average Bonchev–Trinajstić information content (AvgIpc) is 3.11. The second-order valence-corrected chi connectivity index (χ2v) is 9.69. The third-order valence-electron chi connectivity index (χ3n) is 7.36. The molecule has 0 aromatic rings. The van der Waals surface area contributed by atoms with Gasteiger partial charge in [0.15, 0.2) is 0 Å². The van der Waals surface area contributed by atoms with Crippen molar-refractivity contribution in [2.24, 2.45) is 17.8 Å². The highest BCUT2D eigenvalue weighted by Gasteiger charge is 2.42. The molecule has 2 heterocycles. The molecular weight excluding hydrogens is 352 g/mol. The number of amides is 2. The van der Waals surface area contributed by atoms with Crippen molar-refractivity contribution in [2.75, 3.05) is 20.6 Å². The van der Waals surface area contributed by atoms with Crippen molar-refractivity contribution in [3.05, 3.63) is 0 Å². The van der Waals surface area contributed by atoms with Crippen molar-refractivity contribution in [1.29, 1.82) is 0 Å². The number of hydrogen-bond donors (Lipinski definition) is 3. The van der Waals surface area contributed by atoms with E-state index in [-0.39, 0.29) is 29.9 Å². The summed E-state index contributed by atoms with van der Waals surface area (Å²) >= 11 is 0. The Bertz CT molecular complexity index is 553.